The standard InChI is InChI=1S/C14H17N5O3S/c1-9(2)22-11-6-4-3-5-10(11)17-12(20)8-23-14-18-16-7-13(21)19(14)15/h3-7,9H,8,15H2,1-2H3,(H,17,20). The second kappa shape index (κ2) is 7.63. The normalized spacial score (nSPS) is 10.6. The van der Waals surface area contributed by atoms with Gasteiger partial charge in [-0.3, -0.25) is 9.59 Å². The SMILES string of the molecule is CC(C)Oc1ccccc1NC(=O)CSc1nncc(=O)n1N. The lowest BCUT2D eigenvalue weighted by Crippen LogP contribution is -2.30. The lowest BCUT2D eigenvalue weighted by atomic mass is 10.3. The quantitative estimate of drug-likeness (QED) is 0.595. The molecule has 8 nitrogen and oxygen atoms in total. The molecule has 9 heteroatoms. The fourth-order valence-corrected chi connectivity index (χ4v) is 2.34. The number of aromatic nitrogens is 3. The number of nitrogens with one attached hydrogen (secondary N) is 1. The van der Waals surface area contributed by atoms with Gasteiger partial charge in [0.15, 0.2) is 0 Å². The van der Waals surface area contributed by atoms with Crippen molar-refractivity contribution in [3.63, 3.8) is 0 Å². The van der Waals surface area contributed by atoms with E-state index >= 15 is 0 Å². The minimum Gasteiger partial charge on any atom is -0.489 e. The van der Waals surface area contributed by atoms with Gasteiger partial charge in [-0.05, 0) is 26.0 Å². The lowest BCUT2D eigenvalue weighted by molar-refractivity contribution is -0.113. The van der Waals surface area contributed by atoms with Gasteiger partial charge in [-0.1, -0.05) is 23.9 Å². The highest BCUT2D eigenvalue weighted by Crippen LogP contribution is 2.25. The van der Waals surface area contributed by atoms with Crippen molar-refractivity contribution in [3.05, 3.63) is 40.8 Å². The number of para-hydroxylation sites is 2. The minimum atomic E-state index is -0.487. The first kappa shape index (κ1) is 16.8. The van der Waals surface area contributed by atoms with Gasteiger partial charge < -0.3 is 15.9 Å². The highest BCUT2D eigenvalue weighted by Gasteiger charge is 2.11. The van der Waals surface area contributed by atoms with Gasteiger partial charge in [-0.15, -0.1) is 5.10 Å². The third-order valence-corrected chi connectivity index (χ3v) is 3.55. The zero-order valence-electron chi connectivity index (χ0n) is 12.7. The summed E-state index contributed by atoms with van der Waals surface area (Å²) in [6, 6.07) is 7.16. The molecular formula is C14H17N5O3S. The third-order valence-electron chi connectivity index (χ3n) is 2.61. The number of nitrogens with zero attached hydrogens (tertiary/aromatic N) is 3. The van der Waals surface area contributed by atoms with Gasteiger partial charge >= 0.3 is 0 Å². The van der Waals surface area contributed by atoms with Gasteiger partial charge in [-0.25, -0.2) is 0 Å². The van der Waals surface area contributed by atoms with E-state index < -0.39 is 5.56 Å². The van der Waals surface area contributed by atoms with Crippen LogP contribution in [0.2, 0.25) is 0 Å². The Balaban J connectivity index is 2.00. The highest BCUT2D eigenvalue weighted by molar-refractivity contribution is 7.99. The topological polar surface area (TPSA) is 112 Å². The number of hydrogen-bond acceptors (Lipinski definition) is 7. The molecule has 0 fully saturated rings. The summed E-state index contributed by atoms with van der Waals surface area (Å²) >= 11 is 1.02. The van der Waals surface area contributed by atoms with Crippen molar-refractivity contribution < 1.29 is 9.53 Å². The Morgan fingerprint density at radius 1 is 1.43 bits per heavy atom. The van der Waals surface area contributed by atoms with Gasteiger partial charge in [0.1, 0.15) is 11.9 Å². The van der Waals surface area contributed by atoms with Gasteiger partial charge in [0.25, 0.3) is 5.56 Å². The second-order valence-electron chi connectivity index (χ2n) is 4.84. The van der Waals surface area contributed by atoms with Crippen LogP contribution in [0.25, 0.3) is 0 Å². The summed E-state index contributed by atoms with van der Waals surface area (Å²) in [5, 5.41) is 10.2. The maximum Gasteiger partial charge on any atom is 0.291 e. The first-order valence-electron chi connectivity index (χ1n) is 6.85. The number of rotatable bonds is 6. The van der Waals surface area contributed by atoms with Gasteiger partial charge in [0, 0.05) is 0 Å². The Morgan fingerprint density at radius 2 is 2.17 bits per heavy atom. The van der Waals surface area contributed by atoms with Crippen LogP contribution in [-0.2, 0) is 4.79 Å². The van der Waals surface area contributed by atoms with Crippen LogP contribution in [0.5, 0.6) is 5.75 Å². The van der Waals surface area contributed by atoms with Crippen molar-refractivity contribution >= 4 is 23.4 Å². The lowest BCUT2D eigenvalue weighted by Gasteiger charge is -2.14. The van der Waals surface area contributed by atoms with Crippen molar-refractivity contribution in [2.24, 2.45) is 0 Å². The molecule has 2 rings (SSSR count). The van der Waals surface area contributed by atoms with E-state index in [-0.39, 0.29) is 22.9 Å². The number of nitrogens with two attached hydrogens (primary N) is 1. The van der Waals surface area contributed by atoms with E-state index in [1.165, 1.54) is 0 Å². The van der Waals surface area contributed by atoms with Gasteiger partial charge in [0.2, 0.25) is 11.1 Å². The van der Waals surface area contributed by atoms with E-state index in [1.54, 1.807) is 18.2 Å². The van der Waals surface area contributed by atoms with Gasteiger partial charge in [0.05, 0.1) is 17.5 Å². The summed E-state index contributed by atoms with van der Waals surface area (Å²) in [6.07, 6.45) is 0.998. The Labute approximate surface area is 137 Å². The number of carbonyl (C=O) groups excluding carboxylic acids is 1. The molecule has 0 bridgehead atoms. The Kier molecular flexibility index (Phi) is 5.58. The van der Waals surface area contributed by atoms with E-state index in [1.807, 2.05) is 19.9 Å². The predicted octanol–water partition coefficient (Wildman–Crippen LogP) is 0.870. The van der Waals surface area contributed by atoms with Crippen LogP contribution in [0.1, 0.15) is 13.8 Å². The van der Waals surface area contributed by atoms with Crippen LogP contribution >= 0.6 is 11.8 Å². The average Bonchev–Trinajstić information content (AvgIpc) is 2.50. The number of ether oxygens (including phenoxy) is 1. The number of anilines is 1. The van der Waals surface area contributed by atoms with E-state index in [2.05, 4.69) is 15.5 Å². The maximum atomic E-state index is 12.1. The Morgan fingerprint density at radius 3 is 2.91 bits per heavy atom. The molecule has 1 amide bonds. The van der Waals surface area contributed by atoms with Crippen molar-refractivity contribution in [3.8, 4) is 5.75 Å². The molecule has 3 N–H and O–H groups in total. The summed E-state index contributed by atoms with van der Waals surface area (Å²) < 4.78 is 6.48. The molecule has 23 heavy (non-hydrogen) atoms. The number of nitrogen functional groups attached to an aromatic ring is 1. The summed E-state index contributed by atoms with van der Waals surface area (Å²) in [6.45, 7) is 3.81. The third kappa shape index (κ3) is 4.71. The summed E-state index contributed by atoms with van der Waals surface area (Å²) in [7, 11) is 0. The molecule has 0 radical (unpaired) electrons. The zero-order valence-corrected chi connectivity index (χ0v) is 13.5. The summed E-state index contributed by atoms with van der Waals surface area (Å²) in [4.78, 5) is 23.4. The molecule has 0 aliphatic heterocycles. The Bertz CT molecular complexity index is 747. The molecule has 0 atom stereocenters. The molecule has 0 saturated carbocycles. The molecule has 2 aromatic rings. The predicted molar refractivity (Wildman–Crippen MR) is 88.0 cm³/mol. The van der Waals surface area contributed by atoms with Crippen molar-refractivity contribution in [1.82, 2.24) is 14.9 Å². The molecule has 0 aliphatic carbocycles. The molecule has 1 heterocycles. The second-order valence-corrected chi connectivity index (χ2v) is 5.78. The van der Waals surface area contributed by atoms with Crippen LogP contribution in [-0.4, -0.2) is 32.6 Å². The van der Waals surface area contributed by atoms with Crippen LogP contribution in [0.15, 0.2) is 40.4 Å². The largest absolute Gasteiger partial charge is 0.489 e. The number of amides is 1. The average molecular weight is 335 g/mol. The van der Waals surface area contributed by atoms with Crippen molar-refractivity contribution in [2.75, 3.05) is 16.9 Å². The molecule has 1 aromatic heterocycles. The van der Waals surface area contributed by atoms with Crippen molar-refractivity contribution in [1.29, 1.82) is 0 Å². The highest BCUT2D eigenvalue weighted by atomic mass is 32.2. The van der Waals surface area contributed by atoms with E-state index in [0.717, 1.165) is 22.6 Å². The summed E-state index contributed by atoms with van der Waals surface area (Å²) in [5.41, 5.74) is 0.0923. The van der Waals surface area contributed by atoms with Crippen LogP contribution in [0.3, 0.4) is 0 Å². The number of benzene rings is 1. The monoisotopic (exact) mass is 335 g/mol. The molecule has 0 spiro atoms. The minimum absolute atomic E-state index is 0.00584. The van der Waals surface area contributed by atoms with Gasteiger partial charge in [-0.2, -0.15) is 9.77 Å². The van der Waals surface area contributed by atoms with Crippen LogP contribution in [0.4, 0.5) is 5.69 Å². The van der Waals surface area contributed by atoms with Crippen LogP contribution < -0.4 is 21.5 Å². The molecule has 0 unspecified atom stereocenters. The molecule has 0 saturated heterocycles. The number of carbonyl (C=O) groups is 1. The summed E-state index contributed by atoms with van der Waals surface area (Å²) in [5.74, 6) is 5.89. The van der Waals surface area contributed by atoms with Crippen molar-refractivity contribution in [2.45, 2.75) is 25.1 Å². The first-order valence-corrected chi connectivity index (χ1v) is 7.84. The molecular weight excluding hydrogens is 318 g/mol. The number of hydrogen-bond donors (Lipinski definition) is 2. The maximum absolute atomic E-state index is 12.1. The Hall–Kier alpha value is -2.55. The van der Waals surface area contributed by atoms with E-state index in [0.29, 0.717) is 11.4 Å². The number of thioether (sulfide) groups is 1. The molecule has 0 aliphatic rings. The van der Waals surface area contributed by atoms with E-state index in [4.69, 9.17) is 10.6 Å². The van der Waals surface area contributed by atoms with Crippen LogP contribution in [0, 0.1) is 0 Å². The fraction of sp³-hybridized carbons (Fsp3) is 0.286. The van der Waals surface area contributed by atoms with E-state index in [9.17, 15) is 9.59 Å². The molecule has 1 aromatic carbocycles. The fourth-order valence-electron chi connectivity index (χ4n) is 1.67. The zero-order chi connectivity index (χ0) is 16.8. The molecule has 122 valence electrons. The smallest absolute Gasteiger partial charge is 0.291 e. The first-order chi connectivity index (χ1) is 11.0.